The number of aromatic nitrogens is 2. The van der Waals surface area contributed by atoms with Crippen molar-refractivity contribution in [1.29, 1.82) is 0 Å². The lowest BCUT2D eigenvalue weighted by Crippen LogP contribution is -2.30. The molecule has 3 heterocycles. The van der Waals surface area contributed by atoms with E-state index in [1.54, 1.807) is 17.7 Å². The third kappa shape index (κ3) is 4.61. The molecule has 3 unspecified atom stereocenters. The van der Waals surface area contributed by atoms with Crippen LogP contribution < -0.4 is 4.74 Å². The Bertz CT molecular complexity index is 888. The maximum absolute atomic E-state index is 10.8. The fourth-order valence-corrected chi connectivity index (χ4v) is 7.05. The van der Waals surface area contributed by atoms with E-state index in [1.165, 1.54) is 23.3 Å². The normalized spacial score (nSPS) is 29.5. The predicted molar refractivity (Wildman–Crippen MR) is 123 cm³/mol. The van der Waals surface area contributed by atoms with Crippen LogP contribution in [0.5, 0.6) is 5.88 Å². The van der Waals surface area contributed by atoms with Crippen molar-refractivity contribution in [1.82, 2.24) is 14.9 Å². The van der Waals surface area contributed by atoms with Gasteiger partial charge in [0, 0.05) is 18.0 Å². The molecule has 31 heavy (non-hydrogen) atoms. The highest BCUT2D eigenvalue weighted by atomic mass is 32.1. The van der Waals surface area contributed by atoms with Crippen molar-refractivity contribution in [2.75, 3.05) is 27.2 Å². The van der Waals surface area contributed by atoms with Crippen LogP contribution in [-0.2, 0) is 11.2 Å². The minimum Gasteiger partial charge on any atom is -0.474 e. The van der Waals surface area contributed by atoms with Gasteiger partial charge in [0.1, 0.15) is 17.3 Å². The third-order valence-corrected chi connectivity index (χ3v) is 8.48. The minimum absolute atomic E-state index is 0.00160. The molecule has 170 valence electrons. The van der Waals surface area contributed by atoms with E-state index in [4.69, 9.17) is 9.47 Å². The summed E-state index contributed by atoms with van der Waals surface area (Å²) in [5, 5.41) is 11.9. The summed E-state index contributed by atoms with van der Waals surface area (Å²) in [7, 11) is 4.31. The van der Waals surface area contributed by atoms with Gasteiger partial charge in [0.05, 0.1) is 17.6 Å². The van der Waals surface area contributed by atoms with Crippen molar-refractivity contribution in [2.45, 2.75) is 82.0 Å². The third-order valence-electron chi connectivity index (χ3n) is 7.31. The Morgan fingerprint density at radius 2 is 2.03 bits per heavy atom. The lowest BCUT2D eigenvalue weighted by molar-refractivity contribution is -0.00850. The van der Waals surface area contributed by atoms with Crippen LogP contribution in [0, 0.1) is 5.92 Å². The summed E-state index contributed by atoms with van der Waals surface area (Å²) in [6.07, 6.45) is 11.1. The van der Waals surface area contributed by atoms with Crippen molar-refractivity contribution < 1.29 is 14.6 Å². The summed E-state index contributed by atoms with van der Waals surface area (Å²) < 4.78 is 12.3. The Kier molecular flexibility index (Phi) is 6.47. The summed E-state index contributed by atoms with van der Waals surface area (Å²) in [5.74, 6) is 1.87. The smallest absolute Gasteiger partial charge is 0.225 e. The fraction of sp³-hybridized carbons (Fsp3) is 0.750. The first kappa shape index (κ1) is 21.6. The zero-order valence-electron chi connectivity index (χ0n) is 18.8. The molecular weight excluding hydrogens is 410 g/mol. The second-order valence-corrected chi connectivity index (χ2v) is 11.0. The van der Waals surface area contributed by atoms with Crippen molar-refractivity contribution in [3.8, 4) is 5.88 Å². The molecule has 2 fully saturated rings. The van der Waals surface area contributed by atoms with Crippen molar-refractivity contribution in [3.63, 3.8) is 0 Å². The molecule has 5 rings (SSSR count). The van der Waals surface area contributed by atoms with Crippen LogP contribution in [0.1, 0.15) is 67.7 Å². The Morgan fingerprint density at radius 1 is 1.19 bits per heavy atom. The molecule has 3 aliphatic rings. The second-order valence-electron chi connectivity index (χ2n) is 9.91. The van der Waals surface area contributed by atoms with Crippen LogP contribution in [0.15, 0.2) is 6.33 Å². The average Bonchev–Trinajstić information content (AvgIpc) is 3.47. The van der Waals surface area contributed by atoms with E-state index in [9.17, 15) is 5.11 Å². The molecule has 7 heteroatoms. The van der Waals surface area contributed by atoms with Crippen LogP contribution in [0.3, 0.4) is 0 Å². The van der Waals surface area contributed by atoms with E-state index in [2.05, 4.69) is 29.0 Å². The highest BCUT2D eigenvalue weighted by molar-refractivity contribution is 7.19. The van der Waals surface area contributed by atoms with E-state index in [0.29, 0.717) is 5.92 Å². The number of rotatable bonds is 7. The molecule has 2 aromatic heterocycles. The number of fused-ring (bicyclic) bond motifs is 3. The van der Waals surface area contributed by atoms with E-state index in [1.807, 2.05) is 0 Å². The standard InChI is InChI=1S/C24H35N3O3S/c1-27(2)13-15-5-8-17(9-6-15)30-23-22-21-16(12-18(28)19-4-3-11-29-19)7-10-20(21)31-24(22)26-14-25-23/h14-19,28H,3-13H2,1-2H3. The van der Waals surface area contributed by atoms with Crippen LogP contribution in [0.25, 0.3) is 10.2 Å². The van der Waals surface area contributed by atoms with Gasteiger partial charge < -0.3 is 19.5 Å². The van der Waals surface area contributed by atoms with Crippen molar-refractivity contribution >= 4 is 21.6 Å². The van der Waals surface area contributed by atoms with Crippen molar-refractivity contribution in [3.05, 3.63) is 16.8 Å². The Hall–Kier alpha value is -1.28. The monoisotopic (exact) mass is 445 g/mol. The molecule has 1 N–H and O–H groups in total. The molecule has 2 aromatic rings. The van der Waals surface area contributed by atoms with Crippen LogP contribution in [0.4, 0.5) is 0 Å². The molecule has 2 aliphatic carbocycles. The van der Waals surface area contributed by atoms with Gasteiger partial charge in [-0.05, 0) is 89.3 Å². The zero-order chi connectivity index (χ0) is 21.4. The quantitative estimate of drug-likeness (QED) is 0.691. The zero-order valence-corrected chi connectivity index (χ0v) is 19.6. The molecule has 6 nitrogen and oxygen atoms in total. The molecule has 1 aliphatic heterocycles. The lowest BCUT2D eigenvalue weighted by Gasteiger charge is -2.30. The first-order chi connectivity index (χ1) is 15.1. The Labute approximate surface area is 189 Å². The second kappa shape index (κ2) is 9.30. The van der Waals surface area contributed by atoms with E-state index in [-0.39, 0.29) is 12.2 Å². The van der Waals surface area contributed by atoms with Gasteiger partial charge in [0.15, 0.2) is 0 Å². The topological polar surface area (TPSA) is 67.7 Å². The molecule has 3 atom stereocenters. The maximum Gasteiger partial charge on any atom is 0.225 e. The first-order valence-electron chi connectivity index (χ1n) is 12.0. The first-order valence-corrected chi connectivity index (χ1v) is 12.8. The van der Waals surface area contributed by atoms with Gasteiger partial charge in [-0.15, -0.1) is 11.3 Å². The number of thiophene rings is 1. The van der Waals surface area contributed by atoms with Gasteiger partial charge in [-0.1, -0.05) is 0 Å². The van der Waals surface area contributed by atoms with Gasteiger partial charge in [-0.2, -0.15) is 0 Å². The van der Waals surface area contributed by atoms with Gasteiger partial charge in [0.2, 0.25) is 5.88 Å². The fourth-order valence-electron chi connectivity index (χ4n) is 5.82. The Balaban J connectivity index is 1.32. The molecular formula is C24H35N3O3S. The minimum atomic E-state index is -0.394. The molecule has 0 amide bonds. The molecule has 1 saturated heterocycles. The lowest BCUT2D eigenvalue weighted by atomic mass is 9.87. The summed E-state index contributed by atoms with van der Waals surface area (Å²) in [4.78, 5) is 13.9. The highest BCUT2D eigenvalue weighted by Gasteiger charge is 2.35. The number of nitrogens with zero attached hydrogens (tertiary/aromatic N) is 3. The van der Waals surface area contributed by atoms with Crippen molar-refractivity contribution in [2.24, 2.45) is 5.92 Å². The molecule has 0 aromatic carbocycles. The van der Waals surface area contributed by atoms with E-state index in [0.717, 1.165) is 80.1 Å². The van der Waals surface area contributed by atoms with Gasteiger partial charge >= 0.3 is 0 Å². The number of aryl methyl sites for hydroxylation is 1. The van der Waals surface area contributed by atoms with E-state index >= 15 is 0 Å². The highest BCUT2D eigenvalue weighted by Crippen LogP contribution is 2.48. The number of hydrogen-bond acceptors (Lipinski definition) is 7. The van der Waals surface area contributed by atoms with Gasteiger partial charge in [-0.3, -0.25) is 0 Å². The number of ether oxygens (including phenoxy) is 2. The molecule has 0 spiro atoms. The van der Waals surface area contributed by atoms with Gasteiger partial charge in [0.25, 0.3) is 0 Å². The summed E-state index contributed by atoms with van der Waals surface area (Å²) in [5.41, 5.74) is 1.34. The summed E-state index contributed by atoms with van der Waals surface area (Å²) in [6.45, 7) is 1.94. The number of hydrogen-bond donors (Lipinski definition) is 1. The SMILES string of the molecule is CN(C)CC1CCC(Oc2ncnc3sc4c(c23)C(CC(O)C2CCCO2)CC4)CC1. The van der Waals surface area contributed by atoms with Crippen LogP contribution in [0.2, 0.25) is 0 Å². The van der Waals surface area contributed by atoms with Crippen LogP contribution in [-0.4, -0.2) is 65.5 Å². The van der Waals surface area contributed by atoms with Gasteiger partial charge in [-0.25, -0.2) is 9.97 Å². The number of aliphatic hydroxyl groups excluding tert-OH is 1. The number of aliphatic hydroxyl groups is 1. The molecule has 0 radical (unpaired) electrons. The maximum atomic E-state index is 10.8. The average molecular weight is 446 g/mol. The largest absolute Gasteiger partial charge is 0.474 e. The predicted octanol–water partition coefficient (Wildman–Crippen LogP) is 4.15. The molecule has 0 bridgehead atoms. The summed E-state index contributed by atoms with van der Waals surface area (Å²) in [6, 6.07) is 0. The Morgan fingerprint density at radius 3 is 2.77 bits per heavy atom. The van der Waals surface area contributed by atoms with E-state index < -0.39 is 6.10 Å². The van der Waals surface area contributed by atoms with Crippen LogP contribution >= 0.6 is 11.3 Å². The summed E-state index contributed by atoms with van der Waals surface area (Å²) >= 11 is 1.78. The molecule has 1 saturated carbocycles.